The molecule has 106 valence electrons. The summed E-state index contributed by atoms with van der Waals surface area (Å²) in [5, 5.41) is -0.0314. The molecule has 20 heavy (non-hydrogen) atoms. The van der Waals surface area contributed by atoms with Crippen LogP contribution < -0.4 is 9.46 Å². The van der Waals surface area contributed by atoms with E-state index < -0.39 is 10.0 Å². The summed E-state index contributed by atoms with van der Waals surface area (Å²) in [5.74, 6) is 0.729. The first-order valence-corrected chi connectivity index (χ1v) is 7.44. The second kappa shape index (κ2) is 5.64. The number of ether oxygens (including phenoxy) is 1. The molecule has 0 saturated heterocycles. The Morgan fingerprint density at radius 2 is 2.05 bits per heavy atom. The van der Waals surface area contributed by atoms with Crippen LogP contribution in [0.5, 0.6) is 5.75 Å². The van der Waals surface area contributed by atoms with Crippen molar-refractivity contribution >= 4 is 27.4 Å². The van der Waals surface area contributed by atoms with Gasteiger partial charge in [0.1, 0.15) is 11.6 Å². The van der Waals surface area contributed by atoms with Crippen LogP contribution in [0.2, 0.25) is 5.28 Å². The monoisotopic (exact) mass is 313 g/mol. The van der Waals surface area contributed by atoms with E-state index in [4.69, 9.17) is 16.3 Å². The minimum absolute atomic E-state index is 0.0314. The Kier molecular flexibility index (Phi) is 4.10. The van der Waals surface area contributed by atoms with Crippen molar-refractivity contribution < 1.29 is 13.2 Å². The molecule has 0 atom stereocenters. The van der Waals surface area contributed by atoms with Crippen molar-refractivity contribution in [3.05, 3.63) is 41.3 Å². The van der Waals surface area contributed by atoms with Crippen molar-refractivity contribution in [2.45, 2.75) is 11.8 Å². The number of aromatic nitrogens is 2. The number of nitrogens with zero attached hydrogens (tertiary/aromatic N) is 2. The number of nitrogens with one attached hydrogen (secondary N) is 1. The van der Waals surface area contributed by atoms with Gasteiger partial charge in [-0.25, -0.2) is 13.4 Å². The molecule has 0 saturated carbocycles. The molecule has 0 aliphatic carbocycles. The lowest BCUT2D eigenvalue weighted by Gasteiger charge is -2.10. The van der Waals surface area contributed by atoms with Crippen molar-refractivity contribution in [3.8, 4) is 5.75 Å². The molecule has 0 unspecified atom stereocenters. The molecule has 6 nitrogen and oxygen atoms in total. The van der Waals surface area contributed by atoms with E-state index in [1.807, 2.05) is 0 Å². The summed E-state index contributed by atoms with van der Waals surface area (Å²) in [6.07, 6.45) is 1.37. The third-order valence-corrected chi connectivity index (χ3v) is 4.08. The van der Waals surface area contributed by atoms with E-state index in [2.05, 4.69) is 14.7 Å². The summed E-state index contributed by atoms with van der Waals surface area (Å²) in [4.78, 5) is 7.58. The quantitative estimate of drug-likeness (QED) is 0.876. The van der Waals surface area contributed by atoms with Gasteiger partial charge >= 0.3 is 0 Å². The molecule has 8 heteroatoms. The number of halogens is 1. The summed E-state index contributed by atoms with van der Waals surface area (Å²) in [7, 11) is -2.21. The molecule has 1 heterocycles. The number of methoxy groups -OCH3 is 1. The maximum absolute atomic E-state index is 12.2. The molecule has 0 radical (unpaired) electrons. The summed E-state index contributed by atoms with van der Waals surface area (Å²) in [6, 6.07) is 5.98. The van der Waals surface area contributed by atoms with Gasteiger partial charge in [0.15, 0.2) is 0 Å². The van der Waals surface area contributed by atoms with Gasteiger partial charge in [-0.2, -0.15) is 4.98 Å². The number of benzene rings is 1. The van der Waals surface area contributed by atoms with Crippen LogP contribution in [0.4, 0.5) is 5.82 Å². The van der Waals surface area contributed by atoms with Gasteiger partial charge in [-0.1, -0.05) is 0 Å². The van der Waals surface area contributed by atoms with Crippen molar-refractivity contribution in [1.82, 2.24) is 9.97 Å². The third-order valence-electron chi connectivity index (χ3n) is 2.54. The number of hydrogen-bond acceptors (Lipinski definition) is 5. The topological polar surface area (TPSA) is 81.2 Å². The SMILES string of the molecule is COc1ccc(S(=O)(=O)Nc2ccnc(Cl)n2)cc1C. The first kappa shape index (κ1) is 14.5. The van der Waals surface area contributed by atoms with Crippen LogP contribution in [0.3, 0.4) is 0 Å². The van der Waals surface area contributed by atoms with Gasteiger partial charge in [-0.05, 0) is 48.4 Å². The van der Waals surface area contributed by atoms with E-state index in [9.17, 15) is 8.42 Å². The lowest BCUT2D eigenvalue weighted by molar-refractivity contribution is 0.411. The molecule has 2 rings (SSSR count). The number of anilines is 1. The number of aryl methyl sites for hydroxylation is 1. The minimum atomic E-state index is -3.73. The van der Waals surface area contributed by atoms with Crippen LogP contribution >= 0.6 is 11.6 Å². The van der Waals surface area contributed by atoms with Crippen LogP contribution in [0, 0.1) is 6.92 Å². The lowest BCUT2D eigenvalue weighted by Crippen LogP contribution is -2.14. The number of hydrogen-bond donors (Lipinski definition) is 1. The summed E-state index contributed by atoms with van der Waals surface area (Å²) in [5.41, 5.74) is 0.719. The fraction of sp³-hybridized carbons (Fsp3) is 0.167. The Hall–Kier alpha value is -1.86. The average Bonchev–Trinajstić information content (AvgIpc) is 2.38. The second-order valence-corrected chi connectivity index (χ2v) is 5.97. The van der Waals surface area contributed by atoms with Gasteiger partial charge in [0, 0.05) is 6.20 Å². The highest BCUT2D eigenvalue weighted by atomic mass is 35.5. The molecule has 0 bridgehead atoms. The summed E-state index contributed by atoms with van der Waals surface area (Å²) >= 11 is 5.61. The smallest absolute Gasteiger partial charge is 0.263 e. The molecule has 0 amide bonds. The molecule has 2 aromatic rings. The predicted molar refractivity (Wildman–Crippen MR) is 75.6 cm³/mol. The van der Waals surface area contributed by atoms with E-state index in [1.165, 1.54) is 31.5 Å². The highest BCUT2D eigenvalue weighted by Crippen LogP contribution is 2.22. The molecule has 0 aliphatic heterocycles. The Morgan fingerprint density at radius 1 is 1.30 bits per heavy atom. The molecule has 0 spiro atoms. The Morgan fingerprint density at radius 3 is 2.65 bits per heavy atom. The van der Waals surface area contributed by atoms with Crippen molar-refractivity contribution in [2.24, 2.45) is 0 Å². The minimum Gasteiger partial charge on any atom is -0.496 e. The Labute approximate surface area is 121 Å². The third kappa shape index (κ3) is 3.17. The first-order chi connectivity index (χ1) is 9.42. The normalized spacial score (nSPS) is 11.2. The zero-order chi connectivity index (χ0) is 14.8. The largest absolute Gasteiger partial charge is 0.496 e. The van der Waals surface area contributed by atoms with Gasteiger partial charge in [-0.3, -0.25) is 4.72 Å². The van der Waals surface area contributed by atoms with E-state index in [0.717, 1.165) is 5.56 Å². The van der Waals surface area contributed by atoms with Gasteiger partial charge < -0.3 is 4.74 Å². The Bertz CT molecular complexity index is 734. The van der Waals surface area contributed by atoms with E-state index in [-0.39, 0.29) is 16.0 Å². The zero-order valence-electron chi connectivity index (χ0n) is 10.8. The lowest BCUT2D eigenvalue weighted by atomic mass is 10.2. The van der Waals surface area contributed by atoms with Gasteiger partial charge in [0.2, 0.25) is 5.28 Å². The molecule has 0 aliphatic rings. The first-order valence-electron chi connectivity index (χ1n) is 5.58. The standard InChI is InChI=1S/C12H12ClN3O3S/c1-8-7-9(3-4-10(8)19-2)20(17,18)16-11-5-6-14-12(13)15-11/h3-7H,1-2H3,(H,14,15,16). The fourth-order valence-corrected chi connectivity index (χ4v) is 2.84. The molecule has 0 fully saturated rings. The molecular formula is C12H12ClN3O3S. The van der Waals surface area contributed by atoms with Crippen LogP contribution in [-0.2, 0) is 10.0 Å². The van der Waals surface area contributed by atoms with Crippen LogP contribution in [0.25, 0.3) is 0 Å². The molecule has 1 aromatic heterocycles. The molecule has 1 N–H and O–H groups in total. The fourth-order valence-electron chi connectivity index (χ4n) is 1.61. The van der Waals surface area contributed by atoms with Crippen LogP contribution in [0.1, 0.15) is 5.56 Å². The zero-order valence-corrected chi connectivity index (χ0v) is 12.4. The highest BCUT2D eigenvalue weighted by molar-refractivity contribution is 7.92. The van der Waals surface area contributed by atoms with Crippen LogP contribution in [0.15, 0.2) is 35.4 Å². The average molecular weight is 314 g/mol. The second-order valence-electron chi connectivity index (χ2n) is 3.95. The molecule has 1 aromatic carbocycles. The van der Waals surface area contributed by atoms with E-state index in [0.29, 0.717) is 5.75 Å². The van der Waals surface area contributed by atoms with Crippen molar-refractivity contribution in [2.75, 3.05) is 11.8 Å². The van der Waals surface area contributed by atoms with Gasteiger partial charge in [0.25, 0.3) is 10.0 Å². The van der Waals surface area contributed by atoms with E-state index in [1.54, 1.807) is 13.0 Å². The maximum atomic E-state index is 12.2. The van der Waals surface area contributed by atoms with E-state index >= 15 is 0 Å². The number of rotatable bonds is 4. The van der Waals surface area contributed by atoms with Gasteiger partial charge in [-0.15, -0.1) is 0 Å². The van der Waals surface area contributed by atoms with Crippen molar-refractivity contribution in [1.29, 1.82) is 0 Å². The van der Waals surface area contributed by atoms with Crippen molar-refractivity contribution in [3.63, 3.8) is 0 Å². The molecular weight excluding hydrogens is 302 g/mol. The highest BCUT2D eigenvalue weighted by Gasteiger charge is 2.16. The van der Waals surface area contributed by atoms with Gasteiger partial charge in [0.05, 0.1) is 12.0 Å². The Balaban J connectivity index is 2.33. The predicted octanol–water partition coefficient (Wildman–Crippen LogP) is 2.25. The summed E-state index contributed by atoms with van der Waals surface area (Å²) < 4.78 is 31.8. The maximum Gasteiger partial charge on any atom is 0.263 e. The van der Waals surface area contributed by atoms with Crippen LogP contribution in [-0.4, -0.2) is 25.5 Å². The summed E-state index contributed by atoms with van der Waals surface area (Å²) in [6.45, 7) is 1.76. The number of sulfonamides is 1.